The van der Waals surface area contributed by atoms with Gasteiger partial charge in [0.2, 0.25) is 5.88 Å². The van der Waals surface area contributed by atoms with Crippen molar-refractivity contribution >= 4 is 5.82 Å². The van der Waals surface area contributed by atoms with Crippen LogP contribution in [0.2, 0.25) is 0 Å². The summed E-state index contributed by atoms with van der Waals surface area (Å²) in [5.74, 6) is 1.55. The Morgan fingerprint density at radius 3 is 2.81 bits per heavy atom. The molecule has 5 heteroatoms. The number of rotatable bonds is 5. The minimum atomic E-state index is 0.148. The van der Waals surface area contributed by atoms with E-state index >= 15 is 0 Å². The molecule has 0 amide bonds. The van der Waals surface area contributed by atoms with Crippen LogP contribution in [0.5, 0.6) is 5.88 Å². The molecule has 0 spiro atoms. The fraction of sp³-hybridized carbons (Fsp3) is 0.636. The lowest BCUT2D eigenvalue weighted by Gasteiger charge is -2.27. The summed E-state index contributed by atoms with van der Waals surface area (Å²) in [6.07, 6.45) is 2.53. The summed E-state index contributed by atoms with van der Waals surface area (Å²) in [7, 11) is 0. The zero-order valence-corrected chi connectivity index (χ0v) is 9.69. The zero-order valence-electron chi connectivity index (χ0n) is 9.69. The van der Waals surface area contributed by atoms with E-state index in [-0.39, 0.29) is 6.10 Å². The van der Waals surface area contributed by atoms with Gasteiger partial charge in [-0.05, 0) is 13.3 Å². The van der Waals surface area contributed by atoms with Gasteiger partial charge in [-0.25, -0.2) is 9.97 Å². The average Bonchev–Trinajstić information content (AvgIpc) is 2.24. The number of aromatic nitrogens is 2. The molecule has 16 heavy (non-hydrogen) atoms. The van der Waals surface area contributed by atoms with E-state index in [1.165, 1.54) is 6.33 Å². The van der Waals surface area contributed by atoms with Crippen LogP contribution >= 0.6 is 0 Å². The Labute approximate surface area is 95.2 Å². The van der Waals surface area contributed by atoms with Crippen molar-refractivity contribution in [1.29, 1.82) is 0 Å². The monoisotopic (exact) mass is 223 g/mol. The molecular formula is C11H17N3O2. The minimum Gasteiger partial charge on any atom is -0.469 e. The molecule has 1 aromatic rings. The van der Waals surface area contributed by atoms with Crippen LogP contribution in [0.25, 0.3) is 0 Å². The number of nitrogens with one attached hydrogen (secondary N) is 1. The van der Waals surface area contributed by atoms with Crippen molar-refractivity contribution in [2.45, 2.75) is 26.4 Å². The molecule has 0 atom stereocenters. The standard InChI is InChI=1S/C11H17N3O2/c1-3-9-10(12-4-2)13-7-14-11(9)16-8-5-15-6-8/h7-8H,3-6H2,1-2H3,(H,12,13,14). The van der Waals surface area contributed by atoms with Gasteiger partial charge in [-0.3, -0.25) is 0 Å². The Balaban J connectivity index is 2.17. The summed E-state index contributed by atoms with van der Waals surface area (Å²) in [4.78, 5) is 8.40. The lowest BCUT2D eigenvalue weighted by atomic mass is 10.2. The molecule has 0 bridgehead atoms. The van der Waals surface area contributed by atoms with Crippen LogP contribution in [0.15, 0.2) is 6.33 Å². The van der Waals surface area contributed by atoms with Gasteiger partial charge in [-0.15, -0.1) is 0 Å². The maximum atomic E-state index is 5.74. The quantitative estimate of drug-likeness (QED) is 0.814. The van der Waals surface area contributed by atoms with Gasteiger partial charge in [0.25, 0.3) is 0 Å². The largest absolute Gasteiger partial charge is 0.469 e. The number of ether oxygens (including phenoxy) is 2. The maximum absolute atomic E-state index is 5.74. The highest BCUT2D eigenvalue weighted by atomic mass is 16.6. The first-order valence-corrected chi connectivity index (χ1v) is 5.67. The topological polar surface area (TPSA) is 56.3 Å². The summed E-state index contributed by atoms with van der Waals surface area (Å²) >= 11 is 0. The molecule has 5 nitrogen and oxygen atoms in total. The smallest absolute Gasteiger partial charge is 0.222 e. The maximum Gasteiger partial charge on any atom is 0.222 e. The molecule has 1 saturated heterocycles. The van der Waals surface area contributed by atoms with Gasteiger partial charge in [0.05, 0.1) is 18.8 Å². The molecule has 0 aliphatic carbocycles. The van der Waals surface area contributed by atoms with E-state index in [2.05, 4.69) is 22.2 Å². The van der Waals surface area contributed by atoms with Crippen LogP contribution in [-0.4, -0.2) is 35.8 Å². The Hall–Kier alpha value is -1.36. The van der Waals surface area contributed by atoms with Crippen LogP contribution in [0, 0.1) is 0 Å². The van der Waals surface area contributed by atoms with Crippen molar-refractivity contribution in [2.75, 3.05) is 25.1 Å². The summed E-state index contributed by atoms with van der Waals surface area (Å²) < 4.78 is 10.8. The third kappa shape index (κ3) is 2.24. The first kappa shape index (κ1) is 11.1. The number of hydrogen-bond acceptors (Lipinski definition) is 5. The highest BCUT2D eigenvalue weighted by molar-refractivity contribution is 5.48. The summed E-state index contributed by atoms with van der Waals surface area (Å²) in [6, 6.07) is 0. The fourth-order valence-electron chi connectivity index (χ4n) is 1.58. The van der Waals surface area contributed by atoms with Gasteiger partial charge in [-0.2, -0.15) is 0 Å². The Kier molecular flexibility index (Phi) is 3.56. The molecule has 1 aliphatic heterocycles. The minimum absolute atomic E-state index is 0.148. The normalized spacial score (nSPS) is 15.6. The third-order valence-electron chi connectivity index (χ3n) is 2.49. The average molecular weight is 223 g/mol. The van der Waals surface area contributed by atoms with Crippen molar-refractivity contribution in [3.8, 4) is 5.88 Å². The second-order valence-electron chi connectivity index (χ2n) is 3.67. The Morgan fingerprint density at radius 2 is 2.25 bits per heavy atom. The molecule has 1 aromatic heterocycles. The van der Waals surface area contributed by atoms with Gasteiger partial charge in [0.1, 0.15) is 18.2 Å². The summed E-state index contributed by atoms with van der Waals surface area (Å²) in [6.45, 7) is 6.27. The van der Waals surface area contributed by atoms with E-state index < -0.39 is 0 Å². The van der Waals surface area contributed by atoms with Crippen LogP contribution in [0.4, 0.5) is 5.82 Å². The van der Waals surface area contributed by atoms with E-state index in [1.807, 2.05) is 6.92 Å². The Bertz CT molecular complexity index is 353. The highest BCUT2D eigenvalue weighted by Gasteiger charge is 2.22. The number of nitrogens with zero attached hydrogens (tertiary/aromatic N) is 2. The van der Waals surface area contributed by atoms with E-state index in [4.69, 9.17) is 9.47 Å². The summed E-state index contributed by atoms with van der Waals surface area (Å²) in [5, 5.41) is 3.21. The van der Waals surface area contributed by atoms with Gasteiger partial charge >= 0.3 is 0 Å². The van der Waals surface area contributed by atoms with E-state index in [0.717, 1.165) is 24.3 Å². The van der Waals surface area contributed by atoms with Gasteiger partial charge in [-0.1, -0.05) is 6.92 Å². The van der Waals surface area contributed by atoms with E-state index in [1.54, 1.807) is 0 Å². The molecule has 1 aliphatic rings. The van der Waals surface area contributed by atoms with Gasteiger partial charge in [0.15, 0.2) is 0 Å². The third-order valence-corrected chi connectivity index (χ3v) is 2.49. The second-order valence-corrected chi connectivity index (χ2v) is 3.67. The highest BCUT2D eigenvalue weighted by Crippen LogP contribution is 2.24. The van der Waals surface area contributed by atoms with E-state index in [0.29, 0.717) is 19.1 Å². The molecule has 2 rings (SSSR count). The number of hydrogen-bond donors (Lipinski definition) is 1. The van der Waals surface area contributed by atoms with E-state index in [9.17, 15) is 0 Å². The lowest BCUT2D eigenvalue weighted by molar-refractivity contribution is -0.0816. The molecule has 0 aromatic carbocycles. The molecule has 0 radical (unpaired) electrons. The molecular weight excluding hydrogens is 206 g/mol. The first-order valence-electron chi connectivity index (χ1n) is 5.67. The molecule has 2 heterocycles. The van der Waals surface area contributed by atoms with Crippen molar-refractivity contribution in [1.82, 2.24) is 9.97 Å². The fourth-order valence-corrected chi connectivity index (χ4v) is 1.58. The summed E-state index contributed by atoms with van der Waals surface area (Å²) in [5.41, 5.74) is 1.04. The van der Waals surface area contributed by atoms with Crippen LogP contribution in [0.1, 0.15) is 19.4 Å². The van der Waals surface area contributed by atoms with Crippen LogP contribution < -0.4 is 10.1 Å². The van der Waals surface area contributed by atoms with Crippen LogP contribution in [-0.2, 0) is 11.2 Å². The molecule has 1 N–H and O–H groups in total. The van der Waals surface area contributed by atoms with Crippen LogP contribution in [0.3, 0.4) is 0 Å². The zero-order chi connectivity index (χ0) is 11.4. The van der Waals surface area contributed by atoms with Crippen molar-refractivity contribution < 1.29 is 9.47 Å². The van der Waals surface area contributed by atoms with Crippen molar-refractivity contribution in [3.63, 3.8) is 0 Å². The second kappa shape index (κ2) is 5.12. The first-order chi connectivity index (χ1) is 7.85. The SMILES string of the molecule is CCNc1ncnc(OC2COC2)c1CC. The Morgan fingerprint density at radius 1 is 1.44 bits per heavy atom. The lowest BCUT2D eigenvalue weighted by Crippen LogP contribution is -2.39. The predicted octanol–water partition coefficient (Wildman–Crippen LogP) is 1.25. The molecule has 88 valence electrons. The molecule has 1 fully saturated rings. The number of anilines is 1. The molecule has 0 saturated carbocycles. The van der Waals surface area contributed by atoms with Gasteiger partial charge < -0.3 is 14.8 Å². The van der Waals surface area contributed by atoms with Gasteiger partial charge in [0, 0.05) is 6.54 Å². The predicted molar refractivity (Wildman–Crippen MR) is 60.8 cm³/mol. The van der Waals surface area contributed by atoms with Crippen molar-refractivity contribution in [3.05, 3.63) is 11.9 Å². The van der Waals surface area contributed by atoms with Crippen molar-refractivity contribution in [2.24, 2.45) is 0 Å². The molecule has 0 unspecified atom stereocenters.